The fraction of sp³-hybridized carbons (Fsp3) is 0.765. The number of rotatable bonds is 5. The first kappa shape index (κ1) is 16.9. The van der Waals surface area contributed by atoms with E-state index in [1.165, 1.54) is 0 Å². The van der Waals surface area contributed by atoms with Crippen LogP contribution in [-0.4, -0.2) is 18.4 Å². The van der Waals surface area contributed by atoms with Crippen molar-refractivity contribution in [3.05, 3.63) is 11.6 Å². The molecule has 20 heavy (non-hydrogen) atoms. The maximum atomic E-state index is 12.2. The van der Waals surface area contributed by atoms with Crippen LogP contribution in [0.3, 0.4) is 0 Å². The summed E-state index contributed by atoms with van der Waals surface area (Å²) in [5, 5.41) is 0. The molecule has 1 fully saturated rings. The van der Waals surface area contributed by atoms with Crippen molar-refractivity contribution < 1.29 is 14.3 Å². The Hall–Kier alpha value is -1.12. The van der Waals surface area contributed by atoms with Crippen molar-refractivity contribution in [3.63, 3.8) is 0 Å². The first-order valence-corrected chi connectivity index (χ1v) is 7.63. The quantitative estimate of drug-likeness (QED) is 0.566. The average Bonchev–Trinajstić information content (AvgIpc) is 2.31. The minimum absolute atomic E-state index is 0.143. The van der Waals surface area contributed by atoms with Crippen LogP contribution in [0.2, 0.25) is 0 Å². The highest BCUT2D eigenvalue weighted by atomic mass is 16.5. The number of ketones is 1. The third-order valence-corrected chi connectivity index (χ3v) is 4.15. The second-order valence-corrected chi connectivity index (χ2v) is 6.78. The Morgan fingerprint density at radius 2 is 2.10 bits per heavy atom. The van der Waals surface area contributed by atoms with Crippen LogP contribution in [0.1, 0.15) is 60.3 Å². The fourth-order valence-corrected chi connectivity index (χ4v) is 3.26. The van der Waals surface area contributed by atoms with Crippen LogP contribution in [0.4, 0.5) is 0 Å². The molecule has 0 unspecified atom stereocenters. The van der Waals surface area contributed by atoms with Gasteiger partial charge in [-0.25, -0.2) is 4.79 Å². The van der Waals surface area contributed by atoms with Crippen LogP contribution in [-0.2, 0) is 14.3 Å². The zero-order valence-electron chi connectivity index (χ0n) is 13.5. The standard InChI is InChI=1S/C17H28O3/c1-6-20-16(19)12(2)8-7-9-14-13(3)10-17(4,5)11-15(14)18/h8,13-14H,6-7,9-11H2,1-5H3/b12-8-/t13-,14-/m0/s1. The minimum atomic E-state index is -0.253. The third-order valence-electron chi connectivity index (χ3n) is 4.15. The van der Waals surface area contributed by atoms with Crippen molar-refractivity contribution >= 4 is 11.8 Å². The lowest BCUT2D eigenvalue weighted by Gasteiger charge is -2.38. The Labute approximate surface area is 122 Å². The van der Waals surface area contributed by atoms with Crippen molar-refractivity contribution in [1.82, 2.24) is 0 Å². The Bertz CT molecular complexity index is 393. The van der Waals surface area contributed by atoms with E-state index >= 15 is 0 Å². The van der Waals surface area contributed by atoms with E-state index in [1.54, 1.807) is 13.8 Å². The van der Waals surface area contributed by atoms with Crippen molar-refractivity contribution in [3.8, 4) is 0 Å². The highest BCUT2D eigenvalue weighted by Crippen LogP contribution is 2.41. The molecule has 0 N–H and O–H groups in total. The lowest BCUT2D eigenvalue weighted by atomic mass is 9.66. The number of hydrogen-bond donors (Lipinski definition) is 0. The molecule has 0 bridgehead atoms. The molecule has 0 amide bonds. The summed E-state index contributed by atoms with van der Waals surface area (Å²) in [5.41, 5.74) is 0.784. The molecule has 3 heteroatoms. The fourth-order valence-electron chi connectivity index (χ4n) is 3.26. The van der Waals surface area contributed by atoms with Gasteiger partial charge in [-0.05, 0) is 44.4 Å². The molecule has 0 saturated heterocycles. The van der Waals surface area contributed by atoms with Gasteiger partial charge in [-0.3, -0.25) is 4.79 Å². The largest absolute Gasteiger partial charge is 0.463 e. The zero-order chi connectivity index (χ0) is 15.3. The highest BCUT2D eigenvalue weighted by Gasteiger charge is 2.37. The SMILES string of the molecule is CCOC(=O)/C(C)=C\CC[C@@H]1C(=O)CC(C)(C)C[C@@H]1C. The van der Waals surface area contributed by atoms with Crippen molar-refractivity contribution in [2.45, 2.75) is 60.3 Å². The molecule has 0 aromatic heterocycles. The van der Waals surface area contributed by atoms with Gasteiger partial charge in [0.25, 0.3) is 0 Å². The van der Waals surface area contributed by atoms with Crippen LogP contribution < -0.4 is 0 Å². The summed E-state index contributed by atoms with van der Waals surface area (Å²) in [6.45, 7) is 10.5. The molecule has 0 aromatic rings. The predicted molar refractivity (Wildman–Crippen MR) is 80.3 cm³/mol. The van der Waals surface area contributed by atoms with Gasteiger partial charge in [0.1, 0.15) is 5.78 Å². The molecule has 1 rings (SSSR count). The Morgan fingerprint density at radius 3 is 2.65 bits per heavy atom. The topological polar surface area (TPSA) is 43.4 Å². The summed E-state index contributed by atoms with van der Waals surface area (Å²) in [7, 11) is 0. The van der Waals surface area contributed by atoms with E-state index in [4.69, 9.17) is 4.74 Å². The Morgan fingerprint density at radius 1 is 1.45 bits per heavy atom. The van der Waals surface area contributed by atoms with Crippen LogP contribution in [0, 0.1) is 17.3 Å². The molecule has 1 saturated carbocycles. The summed E-state index contributed by atoms with van der Waals surface area (Å²) >= 11 is 0. The number of Topliss-reactive ketones (excluding diaryl/α,β-unsaturated/α-hetero) is 1. The lowest BCUT2D eigenvalue weighted by Crippen LogP contribution is -2.35. The third kappa shape index (κ3) is 4.77. The van der Waals surface area contributed by atoms with Gasteiger partial charge in [-0.15, -0.1) is 0 Å². The number of allylic oxidation sites excluding steroid dienone is 1. The van der Waals surface area contributed by atoms with Gasteiger partial charge >= 0.3 is 5.97 Å². The summed E-state index contributed by atoms with van der Waals surface area (Å²) < 4.78 is 4.94. The van der Waals surface area contributed by atoms with Crippen LogP contribution in [0.5, 0.6) is 0 Å². The maximum Gasteiger partial charge on any atom is 0.333 e. The van der Waals surface area contributed by atoms with E-state index in [1.807, 2.05) is 6.08 Å². The van der Waals surface area contributed by atoms with E-state index in [9.17, 15) is 9.59 Å². The molecule has 1 aliphatic carbocycles. The van der Waals surface area contributed by atoms with Gasteiger partial charge in [-0.2, -0.15) is 0 Å². The van der Waals surface area contributed by atoms with Crippen LogP contribution in [0.25, 0.3) is 0 Å². The van der Waals surface area contributed by atoms with Crippen LogP contribution in [0.15, 0.2) is 11.6 Å². The number of carbonyl (C=O) groups is 2. The number of hydrogen-bond acceptors (Lipinski definition) is 3. The Balaban J connectivity index is 2.51. The van der Waals surface area contributed by atoms with E-state index in [-0.39, 0.29) is 17.3 Å². The van der Waals surface area contributed by atoms with Gasteiger partial charge in [0.05, 0.1) is 6.61 Å². The molecular weight excluding hydrogens is 252 g/mol. The van der Waals surface area contributed by atoms with E-state index in [0.29, 0.717) is 30.3 Å². The summed E-state index contributed by atoms with van der Waals surface area (Å²) in [5.74, 6) is 0.712. The minimum Gasteiger partial charge on any atom is -0.463 e. The molecule has 0 spiro atoms. The molecule has 0 aromatic carbocycles. The second kappa shape index (κ2) is 7.05. The van der Waals surface area contributed by atoms with E-state index in [0.717, 1.165) is 19.3 Å². The molecular formula is C17H28O3. The zero-order valence-corrected chi connectivity index (χ0v) is 13.5. The molecule has 2 atom stereocenters. The summed E-state index contributed by atoms with van der Waals surface area (Å²) in [4.78, 5) is 23.7. The predicted octanol–water partition coefficient (Wildman–Crippen LogP) is 3.92. The lowest BCUT2D eigenvalue weighted by molar-refractivity contribution is -0.138. The van der Waals surface area contributed by atoms with Gasteiger partial charge in [0.15, 0.2) is 0 Å². The molecule has 0 radical (unpaired) electrons. The summed E-state index contributed by atoms with van der Waals surface area (Å²) in [6, 6.07) is 0. The highest BCUT2D eigenvalue weighted by molar-refractivity contribution is 5.87. The number of esters is 1. The second-order valence-electron chi connectivity index (χ2n) is 6.78. The van der Waals surface area contributed by atoms with Crippen molar-refractivity contribution in [2.24, 2.45) is 17.3 Å². The first-order chi connectivity index (χ1) is 9.26. The van der Waals surface area contributed by atoms with E-state index < -0.39 is 0 Å². The molecule has 3 nitrogen and oxygen atoms in total. The van der Waals surface area contributed by atoms with Crippen molar-refractivity contribution in [2.75, 3.05) is 6.61 Å². The van der Waals surface area contributed by atoms with Crippen molar-refractivity contribution in [1.29, 1.82) is 0 Å². The Kier molecular flexibility index (Phi) is 5.97. The molecule has 1 aliphatic rings. The van der Waals surface area contributed by atoms with Crippen LogP contribution >= 0.6 is 0 Å². The molecule has 0 aliphatic heterocycles. The molecule has 114 valence electrons. The summed E-state index contributed by atoms with van der Waals surface area (Å²) in [6.07, 6.45) is 5.29. The monoisotopic (exact) mass is 280 g/mol. The average molecular weight is 280 g/mol. The number of carbonyl (C=O) groups excluding carboxylic acids is 2. The molecule has 0 heterocycles. The van der Waals surface area contributed by atoms with Gasteiger partial charge in [-0.1, -0.05) is 26.8 Å². The van der Waals surface area contributed by atoms with E-state index in [2.05, 4.69) is 20.8 Å². The number of ether oxygens (including phenoxy) is 1. The smallest absolute Gasteiger partial charge is 0.333 e. The maximum absolute atomic E-state index is 12.2. The van der Waals surface area contributed by atoms with Gasteiger partial charge in [0.2, 0.25) is 0 Å². The van der Waals surface area contributed by atoms with Gasteiger partial charge in [0, 0.05) is 17.9 Å². The normalized spacial score (nSPS) is 26.4. The first-order valence-electron chi connectivity index (χ1n) is 7.63. The van der Waals surface area contributed by atoms with Gasteiger partial charge < -0.3 is 4.74 Å².